The predicted octanol–water partition coefficient (Wildman–Crippen LogP) is 2.89. The van der Waals surface area contributed by atoms with Gasteiger partial charge in [0.15, 0.2) is 0 Å². The Morgan fingerprint density at radius 1 is 1.12 bits per heavy atom. The van der Waals surface area contributed by atoms with Crippen LogP contribution in [-0.4, -0.2) is 16.6 Å². The maximum atomic E-state index is 5.85. The number of hydrogen-bond acceptors (Lipinski definition) is 4. The maximum Gasteiger partial charge on any atom is 0.221 e. The quantitative estimate of drug-likeness (QED) is 0.741. The molecule has 2 N–H and O–H groups in total. The van der Waals surface area contributed by atoms with Crippen LogP contribution in [0.4, 0.5) is 5.82 Å². The van der Waals surface area contributed by atoms with Gasteiger partial charge >= 0.3 is 0 Å². The summed E-state index contributed by atoms with van der Waals surface area (Å²) in [6.45, 7) is 6.88. The molecule has 96 valence electrons. The highest BCUT2D eigenvalue weighted by Gasteiger charge is 2.09. The highest BCUT2D eigenvalue weighted by molar-refractivity contribution is 5.44. The van der Waals surface area contributed by atoms with E-state index in [-0.39, 0.29) is 0 Å². The Labute approximate surface area is 104 Å². The maximum absolute atomic E-state index is 5.85. The molecule has 0 unspecified atom stereocenters. The van der Waals surface area contributed by atoms with E-state index in [1.807, 2.05) is 6.92 Å². The smallest absolute Gasteiger partial charge is 0.221 e. The number of nitrogens with two attached hydrogens (primary N) is 1. The van der Waals surface area contributed by atoms with Crippen LogP contribution in [0.3, 0.4) is 0 Å². The molecular weight excluding hydrogens is 214 g/mol. The molecule has 0 radical (unpaired) electrons. The third kappa shape index (κ3) is 4.21. The number of rotatable bonds is 7. The van der Waals surface area contributed by atoms with E-state index >= 15 is 0 Å². The molecule has 4 nitrogen and oxygen atoms in total. The second-order valence-electron chi connectivity index (χ2n) is 4.26. The van der Waals surface area contributed by atoms with Gasteiger partial charge in [0, 0.05) is 6.42 Å². The van der Waals surface area contributed by atoms with Crippen molar-refractivity contribution in [2.24, 2.45) is 0 Å². The molecule has 1 aromatic rings. The Hall–Kier alpha value is -1.32. The first-order valence-corrected chi connectivity index (χ1v) is 6.44. The molecule has 17 heavy (non-hydrogen) atoms. The number of aromatic nitrogens is 2. The van der Waals surface area contributed by atoms with Crippen molar-refractivity contribution in [3.05, 3.63) is 11.4 Å². The Kier molecular flexibility index (Phi) is 5.73. The Balaban J connectivity index is 2.68. The first-order valence-electron chi connectivity index (χ1n) is 6.44. The third-order valence-electron chi connectivity index (χ3n) is 2.65. The fraction of sp³-hybridized carbons (Fsp3) is 0.692. The van der Waals surface area contributed by atoms with Crippen molar-refractivity contribution in [3.63, 3.8) is 0 Å². The van der Waals surface area contributed by atoms with Crippen molar-refractivity contribution in [3.8, 4) is 5.88 Å². The van der Waals surface area contributed by atoms with E-state index in [2.05, 4.69) is 23.8 Å². The van der Waals surface area contributed by atoms with E-state index in [4.69, 9.17) is 10.5 Å². The van der Waals surface area contributed by atoms with Crippen molar-refractivity contribution in [1.29, 1.82) is 0 Å². The zero-order chi connectivity index (χ0) is 12.7. The first-order chi connectivity index (χ1) is 8.19. The fourth-order valence-corrected chi connectivity index (χ4v) is 1.56. The number of ether oxygens (including phenoxy) is 1. The van der Waals surface area contributed by atoms with Gasteiger partial charge in [0.25, 0.3) is 0 Å². The topological polar surface area (TPSA) is 61.0 Å². The number of nitrogen functional groups attached to an aromatic ring is 1. The first kappa shape index (κ1) is 13.7. The second kappa shape index (κ2) is 7.09. The number of unbranched alkanes of at least 4 members (excludes halogenated alkanes) is 2. The predicted molar refractivity (Wildman–Crippen MR) is 70.2 cm³/mol. The van der Waals surface area contributed by atoms with E-state index in [1.54, 1.807) is 0 Å². The summed E-state index contributed by atoms with van der Waals surface area (Å²) in [7, 11) is 0. The van der Waals surface area contributed by atoms with Gasteiger partial charge in [0.1, 0.15) is 11.6 Å². The van der Waals surface area contributed by atoms with E-state index in [9.17, 15) is 0 Å². The van der Waals surface area contributed by atoms with Crippen LogP contribution in [0.25, 0.3) is 0 Å². The molecule has 0 atom stereocenters. The highest BCUT2D eigenvalue weighted by Crippen LogP contribution is 2.20. The van der Waals surface area contributed by atoms with Gasteiger partial charge in [-0.1, -0.05) is 26.7 Å². The fourth-order valence-electron chi connectivity index (χ4n) is 1.56. The minimum Gasteiger partial charge on any atom is -0.477 e. The summed E-state index contributed by atoms with van der Waals surface area (Å²) in [5.41, 5.74) is 6.70. The summed E-state index contributed by atoms with van der Waals surface area (Å²) >= 11 is 0. The summed E-state index contributed by atoms with van der Waals surface area (Å²) in [6.07, 6.45) is 5.29. The van der Waals surface area contributed by atoms with E-state index < -0.39 is 0 Å². The van der Waals surface area contributed by atoms with Crippen molar-refractivity contribution in [2.45, 2.75) is 52.9 Å². The van der Waals surface area contributed by atoms with Gasteiger partial charge in [0.2, 0.25) is 5.88 Å². The molecule has 0 aliphatic heterocycles. The molecule has 0 fully saturated rings. The van der Waals surface area contributed by atoms with Gasteiger partial charge in [-0.05, 0) is 19.8 Å². The largest absolute Gasteiger partial charge is 0.477 e. The normalized spacial score (nSPS) is 10.5. The lowest BCUT2D eigenvalue weighted by molar-refractivity contribution is 0.291. The average molecular weight is 237 g/mol. The zero-order valence-electron chi connectivity index (χ0n) is 11.1. The molecule has 0 saturated heterocycles. The Morgan fingerprint density at radius 3 is 2.53 bits per heavy atom. The molecule has 0 bridgehead atoms. The van der Waals surface area contributed by atoms with Gasteiger partial charge in [0.05, 0.1) is 12.2 Å². The second-order valence-corrected chi connectivity index (χ2v) is 4.26. The number of aryl methyl sites for hydroxylation is 1. The third-order valence-corrected chi connectivity index (χ3v) is 2.65. The van der Waals surface area contributed by atoms with E-state index in [1.165, 1.54) is 12.8 Å². The lowest BCUT2D eigenvalue weighted by Gasteiger charge is -2.10. The molecule has 1 heterocycles. The van der Waals surface area contributed by atoms with Crippen molar-refractivity contribution < 1.29 is 4.74 Å². The Morgan fingerprint density at radius 2 is 1.88 bits per heavy atom. The van der Waals surface area contributed by atoms with Gasteiger partial charge in [-0.2, -0.15) is 4.98 Å². The van der Waals surface area contributed by atoms with Crippen LogP contribution in [0.5, 0.6) is 5.88 Å². The summed E-state index contributed by atoms with van der Waals surface area (Å²) in [5, 5.41) is 0. The summed E-state index contributed by atoms with van der Waals surface area (Å²) in [4.78, 5) is 8.66. The van der Waals surface area contributed by atoms with Gasteiger partial charge in [-0.15, -0.1) is 0 Å². The molecule has 1 aromatic heterocycles. The molecule has 0 amide bonds. The highest BCUT2D eigenvalue weighted by atomic mass is 16.5. The minimum atomic E-state index is 0.536. The van der Waals surface area contributed by atoms with Crippen molar-refractivity contribution >= 4 is 5.82 Å². The van der Waals surface area contributed by atoms with Crippen LogP contribution in [-0.2, 0) is 6.42 Å². The van der Waals surface area contributed by atoms with Crippen molar-refractivity contribution in [2.75, 3.05) is 12.3 Å². The lowest BCUT2D eigenvalue weighted by Crippen LogP contribution is -2.08. The van der Waals surface area contributed by atoms with Crippen LogP contribution >= 0.6 is 0 Å². The van der Waals surface area contributed by atoms with Crippen molar-refractivity contribution in [1.82, 2.24) is 9.97 Å². The molecule has 0 spiro atoms. The molecule has 0 saturated carbocycles. The molecule has 4 heteroatoms. The number of nitrogens with zero attached hydrogens (tertiary/aromatic N) is 2. The Bertz CT molecular complexity index is 353. The summed E-state index contributed by atoms with van der Waals surface area (Å²) in [6, 6.07) is 0. The standard InChI is InChI=1S/C13H23N3O/c1-4-6-7-9-17-13-10(3)12(14)15-11(16-13)8-5-2/h4-9H2,1-3H3,(H2,14,15,16). The summed E-state index contributed by atoms with van der Waals surface area (Å²) < 4.78 is 5.68. The molecule has 0 aliphatic carbocycles. The minimum absolute atomic E-state index is 0.536. The molecular formula is C13H23N3O. The van der Waals surface area contributed by atoms with Gasteiger partial charge in [-0.3, -0.25) is 0 Å². The van der Waals surface area contributed by atoms with E-state index in [0.29, 0.717) is 18.3 Å². The van der Waals surface area contributed by atoms with Gasteiger partial charge < -0.3 is 10.5 Å². The van der Waals surface area contributed by atoms with E-state index in [0.717, 1.165) is 30.7 Å². The van der Waals surface area contributed by atoms with Crippen LogP contribution in [0, 0.1) is 6.92 Å². The van der Waals surface area contributed by atoms with Crippen LogP contribution in [0.2, 0.25) is 0 Å². The molecule has 1 rings (SSSR count). The van der Waals surface area contributed by atoms with Crippen LogP contribution in [0.15, 0.2) is 0 Å². The monoisotopic (exact) mass is 237 g/mol. The number of anilines is 1. The SMILES string of the molecule is CCCCCOc1nc(CCC)nc(N)c1C. The van der Waals surface area contributed by atoms with Gasteiger partial charge in [-0.25, -0.2) is 4.98 Å². The van der Waals surface area contributed by atoms with Crippen LogP contribution < -0.4 is 10.5 Å². The molecule has 0 aliphatic rings. The zero-order valence-corrected chi connectivity index (χ0v) is 11.1. The van der Waals surface area contributed by atoms with Crippen LogP contribution in [0.1, 0.15) is 50.9 Å². The summed E-state index contributed by atoms with van der Waals surface area (Å²) in [5.74, 6) is 1.96. The average Bonchev–Trinajstić information content (AvgIpc) is 2.31. The lowest BCUT2D eigenvalue weighted by atomic mass is 10.2. The number of hydrogen-bond donors (Lipinski definition) is 1. The molecule has 0 aromatic carbocycles.